The van der Waals surface area contributed by atoms with Gasteiger partial charge >= 0.3 is 5.97 Å². The topological polar surface area (TPSA) is 99.7 Å². The Kier molecular flexibility index (Phi) is 8.27. The summed E-state index contributed by atoms with van der Waals surface area (Å²) in [5.41, 5.74) is 1.63. The molecule has 3 fully saturated rings. The number of anilines is 4. The molecule has 41 heavy (non-hydrogen) atoms. The summed E-state index contributed by atoms with van der Waals surface area (Å²) in [5.74, 6) is -3.54. The number of halogens is 3. The molecule has 1 aromatic carbocycles. The van der Waals surface area contributed by atoms with Crippen LogP contribution in [0.15, 0.2) is 18.2 Å². The third-order valence-electron chi connectivity index (χ3n) is 8.12. The Morgan fingerprint density at radius 3 is 2.56 bits per heavy atom. The molecule has 2 N–H and O–H groups in total. The second kappa shape index (κ2) is 11.6. The number of ether oxygens (including phenoxy) is 1. The molecule has 0 spiro atoms. The third-order valence-corrected chi connectivity index (χ3v) is 8.88. The molecule has 2 atom stereocenters. The van der Waals surface area contributed by atoms with Crippen LogP contribution in [0.2, 0.25) is 0 Å². The van der Waals surface area contributed by atoms with E-state index < -0.39 is 17.6 Å². The van der Waals surface area contributed by atoms with Crippen molar-refractivity contribution in [3.63, 3.8) is 0 Å². The smallest absolute Gasteiger partial charge is 0.317 e. The van der Waals surface area contributed by atoms with Gasteiger partial charge in [-0.1, -0.05) is 6.92 Å². The molecule has 2 aliphatic heterocycles. The molecule has 1 aromatic heterocycles. The Morgan fingerprint density at radius 2 is 1.85 bits per heavy atom. The van der Waals surface area contributed by atoms with Gasteiger partial charge in [0.2, 0.25) is 5.95 Å². The average molecular weight is 593 g/mol. The van der Waals surface area contributed by atoms with E-state index in [4.69, 9.17) is 4.74 Å². The largest absolute Gasteiger partial charge is 0.465 e. The predicted molar refractivity (Wildman–Crippen MR) is 153 cm³/mol. The number of carbonyl (C=O) groups is 2. The maximum Gasteiger partial charge on any atom is 0.317 e. The number of hydrogen-bond donors (Lipinski definition) is 2. The average Bonchev–Trinajstić information content (AvgIpc) is 3.58. The summed E-state index contributed by atoms with van der Waals surface area (Å²) in [6, 6.07) is 4.52. The van der Waals surface area contributed by atoms with Gasteiger partial charge in [0.1, 0.15) is 17.4 Å². The second-order valence-corrected chi connectivity index (χ2v) is 12.1. The maximum absolute atomic E-state index is 15.7. The number of amides is 1. The fraction of sp³-hybridized carbons (Fsp3) is 0.571. The molecule has 1 amide bonds. The van der Waals surface area contributed by atoms with E-state index in [-0.39, 0.29) is 61.6 Å². The molecule has 1 aliphatic carbocycles. The summed E-state index contributed by atoms with van der Waals surface area (Å²) in [4.78, 5) is 37.8. The molecule has 1 unspecified atom stereocenters. The van der Waals surface area contributed by atoms with Crippen molar-refractivity contribution >= 4 is 47.0 Å². The predicted octanol–water partition coefficient (Wildman–Crippen LogP) is 5.27. The SMILES string of the molecule is CCOC(=O)CSNc1cc(F)c(C(=O)Nc2cc(C)nc(N3CCC(F)(F)CC3)n2)c(N2CC[C@@]3(C)CC3C2)c1. The number of esters is 1. The Morgan fingerprint density at radius 1 is 1.12 bits per heavy atom. The number of benzene rings is 1. The summed E-state index contributed by atoms with van der Waals surface area (Å²) in [7, 11) is 0. The fourth-order valence-corrected chi connectivity index (χ4v) is 6.10. The van der Waals surface area contributed by atoms with Crippen molar-refractivity contribution in [2.24, 2.45) is 11.3 Å². The number of aromatic nitrogens is 2. The van der Waals surface area contributed by atoms with E-state index in [1.165, 1.54) is 6.07 Å². The van der Waals surface area contributed by atoms with E-state index in [9.17, 15) is 18.4 Å². The van der Waals surface area contributed by atoms with E-state index in [0.717, 1.165) is 24.8 Å². The van der Waals surface area contributed by atoms with Crippen LogP contribution in [0.4, 0.5) is 36.3 Å². The van der Waals surface area contributed by atoms with E-state index in [2.05, 4.69) is 26.9 Å². The lowest BCUT2D eigenvalue weighted by molar-refractivity contribution is -0.139. The highest BCUT2D eigenvalue weighted by Gasteiger charge is 2.53. The zero-order chi connectivity index (χ0) is 29.4. The summed E-state index contributed by atoms with van der Waals surface area (Å²) in [6.45, 7) is 7.57. The van der Waals surface area contributed by atoms with Gasteiger partial charge in [-0.2, -0.15) is 4.98 Å². The van der Waals surface area contributed by atoms with Crippen LogP contribution in [-0.4, -0.2) is 66.3 Å². The highest BCUT2D eigenvalue weighted by molar-refractivity contribution is 8.01. The Labute approximate surface area is 241 Å². The fourth-order valence-electron chi connectivity index (χ4n) is 5.54. The lowest BCUT2D eigenvalue weighted by Crippen LogP contribution is -2.40. The Bertz CT molecular complexity index is 1320. The Balaban J connectivity index is 1.38. The van der Waals surface area contributed by atoms with Crippen LogP contribution in [0.3, 0.4) is 0 Å². The van der Waals surface area contributed by atoms with Crippen molar-refractivity contribution in [3.8, 4) is 0 Å². The molecular formula is C28H35F3N6O3S. The first-order valence-corrected chi connectivity index (χ1v) is 14.9. The molecule has 2 saturated heterocycles. The van der Waals surface area contributed by atoms with Gasteiger partial charge in [0, 0.05) is 56.5 Å². The molecule has 1 saturated carbocycles. The second-order valence-electron chi connectivity index (χ2n) is 11.3. The van der Waals surface area contributed by atoms with Crippen molar-refractivity contribution in [2.75, 3.05) is 58.4 Å². The first-order chi connectivity index (χ1) is 19.5. The number of fused-ring (bicyclic) bond motifs is 1. The van der Waals surface area contributed by atoms with Gasteiger partial charge in [-0.15, -0.1) is 0 Å². The van der Waals surface area contributed by atoms with Crippen LogP contribution < -0.4 is 19.8 Å². The van der Waals surface area contributed by atoms with Crippen molar-refractivity contribution in [1.29, 1.82) is 0 Å². The van der Waals surface area contributed by atoms with Gasteiger partial charge in [0.05, 0.1) is 17.9 Å². The third kappa shape index (κ3) is 6.82. The summed E-state index contributed by atoms with van der Waals surface area (Å²) >= 11 is 1.08. The van der Waals surface area contributed by atoms with Gasteiger partial charge in [0.15, 0.2) is 0 Å². The minimum Gasteiger partial charge on any atom is -0.465 e. The summed E-state index contributed by atoms with van der Waals surface area (Å²) in [5, 5.41) is 2.72. The highest BCUT2D eigenvalue weighted by Crippen LogP contribution is 2.58. The van der Waals surface area contributed by atoms with Crippen LogP contribution >= 0.6 is 11.9 Å². The quantitative estimate of drug-likeness (QED) is 0.298. The molecule has 5 rings (SSSR count). The molecular weight excluding hydrogens is 557 g/mol. The van der Waals surface area contributed by atoms with Crippen molar-refractivity contribution in [3.05, 3.63) is 35.3 Å². The zero-order valence-electron chi connectivity index (χ0n) is 23.4. The van der Waals surface area contributed by atoms with Crippen molar-refractivity contribution in [2.45, 2.75) is 52.4 Å². The standard InChI is InChI=1S/C28H35F3N6O3S/c1-4-40-23(38)16-41-35-19-12-20(29)24(21(13-19)37-8-5-27(3)14-18(27)15-37)25(39)33-22-11-17(2)32-26(34-22)36-9-6-28(30,31)7-10-36/h11-13,18,35H,4-10,14-16H2,1-3H3,(H,32,33,34,39)/t18?,27-/m0/s1. The molecule has 222 valence electrons. The number of aryl methyl sites for hydroxylation is 1. The van der Waals surface area contributed by atoms with Gasteiger partial charge in [-0.3, -0.25) is 9.59 Å². The minimum atomic E-state index is -2.71. The number of hydrogen-bond acceptors (Lipinski definition) is 9. The van der Waals surface area contributed by atoms with Crippen molar-refractivity contribution in [1.82, 2.24) is 9.97 Å². The van der Waals surface area contributed by atoms with Crippen LogP contribution in [0.25, 0.3) is 0 Å². The molecule has 9 nitrogen and oxygen atoms in total. The van der Waals surface area contributed by atoms with Crippen LogP contribution in [0, 0.1) is 24.1 Å². The molecule has 0 bridgehead atoms. The first-order valence-electron chi connectivity index (χ1n) is 13.9. The molecule has 2 aromatic rings. The van der Waals surface area contributed by atoms with Gasteiger partial charge < -0.3 is 24.6 Å². The minimum absolute atomic E-state index is 0.0429. The number of nitrogens with zero attached hydrogens (tertiary/aromatic N) is 4. The highest BCUT2D eigenvalue weighted by atomic mass is 32.2. The maximum atomic E-state index is 15.7. The molecule has 3 heterocycles. The normalized spacial score (nSPS) is 23.0. The summed E-state index contributed by atoms with van der Waals surface area (Å²) < 4.78 is 50.9. The lowest BCUT2D eigenvalue weighted by atomic mass is 9.96. The first kappa shape index (κ1) is 29.3. The van der Waals surface area contributed by atoms with E-state index in [1.54, 1.807) is 30.9 Å². The van der Waals surface area contributed by atoms with E-state index in [0.29, 0.717) is 41.5 Å². The van der Waals surface area contributed by atoms with Gasteiger partial charge in [-0.05, 0) is 62.1 Å². The number of piperidine rings is 2. The van der Waals surface area contributed by atoms with Gasteiger partial charge in [0.25, 0.3) is 11.8 Å². The monoisotopic (exact) mass is 592 g/mol. The Hall–Kier alpha value is -3.22. The number of alkyl halides is 2. The van der Waals surface area contributed by atoms with E-state index >= 15 is 4.39 Å². The molecule has 13 heteroatoms. The van der Waals surface area contributed by atoms with Gasteiger partial charge in [-0.25, -0.2) is 18.2 Å². The van der Waals surface area contributed by atoms with Crippen LogP contribution in [0.5, 0.6) is 0 Å². The van der Waals surface area contributed by atoms with Crippen molar-refractivity contribution < 1.29 is 27.5 Å². The zero-order valence-corrected chi connectivity index (χ0v) is 24.3. The van der Waals surface area contributed by atoms with Crippen LogP contribution in [0.1, 0.15) is 55.6 Å². The summed E-state index contributed by atoms with van der Waals surface area (Å²) in [6.07, 6.45) is 1.45. The number of carbonyl (C=O) groups excluding carboxylic acids is 2. The molecule has 0 radical (unpaired) electrons. The molecule has 3 aliphatic rings. The number of rotatable bonds is 9. The van der Waals surface area contributed by atoms with Crippen LogP contribution in [-0.2, 0) is 9.53 Å². The lowest BCUT2D eigenvalue weighted by Gasteiger charge is -2.33. The number of nitrogens with one attached hydrogen (secondary N) is 2. The van der Waals surface area contributed by atoms with E-state index in [1.807, 2.05) is 4.90 Å².